The van der Waals surface area contributed by atoms with E-state index in [4.69, 9.17) is 5.11 Å². The molecule has 0 fully saturated rings. The van der Waals surface area contributed by atoms with Gasteiger partial charge in [0, 0.05) is 6.42 Å². The molecule has 0 aliphatic heterocycles. The fourth-order valence-electron chi connectivity index (χ4n) is 0.402. The third kappa shape index (κ3) is 5.36. The molecule has 6 heteroatoms. The minimum atomic E-state index is -1.76. The fraction of sp³-hybridized carbons (Fsp3) is 0.500. The Bertz CT molecular complexity index is 188. The Hall–Kier alpha value is -1.43. The van der Waals surface area contributed by atoms with Crippen molar-refractivity contribution in [2.24, 2.45) is 0 Å². The first-order valence-electron chi connectivity index (χ1n) is 3.05. The highest BCUT2D eigenvalue weighted by molar-refractivity contribution is 6.30. The highest BCUT2D eigenvalue weighted by Crippen LogP contribution is 1.91. The van der Waals surface area contributed by atoms with Gasteiger partial charge in [0.05, 0.1) is 0 Å². The average molecular weight is 177 g/mol. The van der Waals surface area contributed by atoms with E-state index in [0.717, 1.165) is 0 Å². The zero-order valence-corrected chi connectivity index (χ0v) is 6.70. The monoisotopic (exact) mass is 177 g/mol. The fourth-order valence-corrected chi connectivity index (χ4v) is 0.402. The number of aliphatic carboxylic acids is 1. The molecule has 0 aliphatic rings. The minimum absolute atomic E-state index is 0. The standard InChI is InChI=1S/C6H8O5.H3N/c1-2-3-4(7)11-6(10)5(8)9;/h2-3H2,1H3,(H,8,9);1H3. The molecule has 0 unspecified atom stereocenters. The Morgan fingerprint density at radius 1 is 1.33 bits per heavy atom. The molecule has 0 saturated carbocycles. The van der Waals surface area contributed by atoms with Crippen molar-refractivity contribution in [3.63, 3.8) is 0 Å². The van der Waals surface area contributed by atoms with Gasteiger partial charge in [0.1, 0.15) is 0 Å². The number of carbonyl (C=O) groups excluding carboxylic acids is 2. The number of carbonyl (C=O) groups is 3. The van der Waals surface area contributed by atoms with Gasteiger partial charge in [-0.25, -0.2) is 9.59 Å². The topological polar surface area (TPSA) is 116 Å². The molecular formula is C6H11NO5. The van der Waals surface area contributed by atoms with E-state index < -0.39 is 17.9 Å². The number of rotatable bonds is 2. The first-order valence-corrected chi connectivity index (χ1v) is 3.05. The first-order chi connectivity index (χ1) is 5.07. The number of hydrogen-bond acceptors (Lipinski definition) is 5. The van der Waals surface area contributed by atoms with E-state index in [1.54, 1.807) is 6.92 Å². The van der Waals surface area contributed by atoms with Crippen LogP contribution in [0.15, 0.2) is 0 Å². The summed E-state index contributed by atoms with van der Waals surface area (Å²) >= 11 is 0. The van der Waals surface area contributed by atoms with Crippen molar-refractivity contribution in [2.45, 2.75) is 19.8 Å². The van der Waals surface area contributed by atoms with Crippen LogP contribution in [0.3, 0.4) is 0 Å². The van der Waals surface area contributed by atoms with Gasteiger partial charge in [0.25, 0.3) is 0 Å². The van der Waals surface area contributed by atoms with Gasteiger partial charge in [-0.05, 0) is 6.42 Å². The highest BCUT2D eigenvalue weighted by Gasteiger charge is 2.16. The van der Waals surface area contributed by atoms with Crippen LogP contribution in [0.1, 0.15) is 19.8 Å². The van der Waals surface area contributed by atoms with Crippen LogP contribution in [0.25, 0.3) is 0 Å². The Balaban J connectivity index is 0. The second-order valence-electron chi connectivity index (χ2n) is 1.82. The van der Waals surface area contributed by atoms with Gasteiger partial charge < -0.3 is 16.0 Å². The third-order valence-corrected chi connectivity index (χ3v) is 0.835. The molecule has 0 aromatic carbocycles. The van der Waals surface area contributed by atoms with Crippen LogP contribution < -0.4 is 6.15 Å². The average Bonchev–Trinajstić information content (AvgIpc) is 1.87. The number of esters is 2. The Morgan fingerprint density at radius 3 is 2.17 bits per heavy atom. The van der Waals surface area contributed by atoms with E-state index in [0.29, 0.717) is 6.42 Å². The number of ether oxygens (including phenoxy) is 1. The molecule has 0 bridgehead atoms. The Labute approximate surface area is 69.1 Å². The molecule has 0 spiro atoms. The minimum Gasteiger partial charge on any atom is -0.473 e. The molecule has 4 N–H and O–H groups in total. The van der Waals surface area contributed by atoms with Gasteiger partial charge in [-0.15, -0.1) is 0 Å². The molecule has 0 aromatic heterocycles. The Morgan fingerprint density at radius 2 is 1.83 bits per heavy atom. The summed E-state index contributed by atoms with van der Waals surface area (Å²) in [5.41, 5.74) is 0. The molecule has 0 aliphatic carbocycles. The summed E-state index contributed by atoms with van der Waals surface area (Å²) in [5, 5.41) is 7.97. The number of carboxylic acid groups (broad SMARTS) is 1. The van der Waals surface area contributed by atoms with Crippen molar-refractivity contribution in [2.75, 3.05) is 0 Å². The summed E-state index contributed by atoms with van der Waals surface area (Å²) in [6.45, 7) is 1.71. The summed E-state index contributed by atoms with van der Waals surface area (Å²) in [5.74, 6) is -4.09. The number of hydrogen-bond donors (Lipinski definition) is 2. The first kappa shape index (κ1) is 13.2. The second-order valence-corrected chi connectivity index (χ2v) is 1.82. The smallest absolute Gasteiger partial charge is 0.424 e. The quantitative estimate of drug-likeness (QED) is 0.351. The summed E-state index contributed by atoms with van der Waals surface area (Å²) in [6, 6.07) is 0. The molecule has 0 atom stereocenters. The lowest BCUT2D eigenvalue weighted by atomic mass is 10.3. The lowest BCUT2D eigenvalue weighted by molar-refractivity contribution is -0.170. The lowest BCUT2D eigenvalue weighted by Crippen LogP contribution is -2.20. The van der Waals surface area contributed by atoms with Gasteiger partial charge in [0.15, 0.2) is 0 Å². The van der Waals surface area contributed by atoms with Crippen LogP contribution in [-0.2, 0) is 19.1 Å². The molecule has 6 nitrogen and oxygen atoms in total. The largest absolute Gasteiger partial charge is 0.473 e. The van der Waals surface area contributed by atoms with E-state index in [-0.39, 0.29) is 12.6 Å². The predicted molar refractivity (Wildman–Crippen MR) is 38.7 cm³/mol. The maximum atomic E-state index is 10.5. The van der Waals surface area contributed by atoms with Crippen LogP contribution in [0.5, 0.6) is 0 Å². The molecule has 0 saturated heterocycles. The van der Waals surface area contributed by atoms with Gasteiger partial charge in [-0.1, -0.05) is 6.92 Å². The molecule has 0 amide bonds. The van der Waals surface area contributed by atoms with Crippen molar-refractivity contribution >= 4 is 17.9 Å². The van der Waals surface area contributed by atoms with Crippen LogP contribution in [0.4, 0.5) is 0 Å². The van der Waals surface area contributed by atoms with Crippen LogP contribution in [0, 0.1) is 0 Å². The zero-order valence-electron chi connectivity index (χ0n) is 6.70. The van der Waals surface area contributed by atoms with Crippen molar-refractivity contribution in [1.29, 1.82) is 0 Å². The van der Waals surface area contributed by atoms with E-state index >= 15 is 0 Å². The Kier molecular flexibility index (Phi) is 6.91. The van der Waals surface area contributed by atoms with Crippen molar-refractivity contribution in [1.82, 2.24) is 6.15 Å². The molecule has 70 valence electrons. The van der Waals surface area contributed by atoms with E-state index in [1.807, 2.05) is 0 Å². The SMILES string of the molecule is CCCC(=O)OC(=O)C(=O)O.N. The van der Waals surface area contributed by atoms with E-state index in [1.165, 1.54) is 0 Å². The maximum absolute atomic E-state index is 10.5. The molecule has 0 radical (unpaired) electrons. The summed E-state index contributed by atoms with van der Waals surface area (Å²) in [6.07, 6.45) is 0.574. The van der Waals surface area contributed by atoms with Crippen molar-refractivity contribution in [3.8, 4) is 0 Å². The van der Waals surface area contributed by atoms with Crippen LogP contribution in [0.2, 0.25) is 0 Å². The number of carboxylic acids is 1. The van der Waals surface area contributed by atoms with Crippen LogP contribution in [-0.4, -0.2) is 23.0 Å². The zero-order chi connectivity index (χ0) is 8.85. The van der Waals surface area contributed by atoms with Crippen molar-refractivity contribution in [3.05, 3.63) is 0 Å². The summed E-state index contributed by atoms with van der Waals surface area (Å²) < 4.78 is 3.87. The molecule has 12 heavy (non-hydrogen) atoms. The van der Waals surface area contributed by atoms with E-state index in [2.05, 4.69) is 4.74 Å². The highest BCUT2D eigenvalue weighted by atomic mass is 16.6. The van der Waals surface area contributed by atoms with Gasteiger partial charge >= 0.3 is 17.9 Å². The molecular weight excluding hydrogens is 166 g/mol. The van der Waals surface area contributed by atoms with Gasteiger partial charge in [-0.3, -0.25) is 4.79 Å². The predicted octanol–water partition coefficient (Wildman–Crippen LogP) is 0.103. The normalized spacial score (nSPS) is 8.08. The molecule has 0 rings (SSSR count). The maximum Gasteiger partial charge on any atom is 0.424 e. The molecule has 0 heterocycles. The summed E-state index contributed by atoms with van der Waals surface area (Å²) in [7, 11) is 0. The van der Waals surface area contributed by atoms with Gasteiger partial charge in [-0.2, -0.15) is 0 Å². The van der Waals surface area contributed by atoms with Gasteiger partial charge in [0.2, 0.25) is 0 Å². The third-order valence-electron chi connectivity index (χ3n) is 0.835. The van der Waals surface area contributed by atoms with Crippen molar-refractivity contribution < 1.29 is 24.2 Å². The van der Waals surface area contributed by atoms with Crippen LogP contribution >= 0.6 is 0 Å². The molecule has 0 aromatic rings. The summed E-state index contributed by atoms with van der Waals surface area (Å²) in [4.78, 5) is 30.4. The lowest BCUT2D eigenvalue weighted by Gasteiger charge is -1.95. The van der Waals surface area contributed by atoms with E-state index in [9.17, 15) is 14.4 Å². The second kappa shape index (κ2) is 6.29.